The lowest BCUT2D eigenvalue weighted by molar-refractivity contribution is 0.626. The van der Waals surface area contributed by atoms with Gasteiger partial charge in [0.15, 0.2) is 0 Å². The van der Waals surface area contributed by atoms with Gasteiger partial charge in [-0.3, -0.25) is 0 Å². The highest BCUT2D eigenvalue weighted by Gasteiger charge is 2.15. The average molecular weight is 300 g/mol. The second kappa shape index (κ2) is 5.05. The van der Waals surface area contributed by atoms with E-state index in [-0.39, 0.29) is 5.82 Å². The van der Waals surface area contributed by atoms with E-state index in [1.807, 2.05) is 6.20 Å². The molecule has 1 aliphatic rings. The predicted molar refractivity (Wildman–Crippen MR) is 80.0 cm³/mol. The Morgan fingerprint density at radius 3 is 2.90 bits per heavy atom. The molecule has 106 valence electrons. The van der Waals surface area contributed by atoms with Gasteiger partial charge in [0.05, 0.1) is 16.8 Å². The van der Waals surface area contributed by atoms with E-state index in [0.29, 0.717) is 0 Å². The Kier molecular flexibility index (Phi) is 3.05. The average Bonchev–Trinajstić information content (AvgIpc) is 3.14. The second-order valence-electron chi connectivity index (χ2n) is 5.01. The first kappa shape index (κ1) is 12.7. The summed E-state index contributed by atoms with van der Waals surface area (Å²) in [5, 5.41) is 11.7. The number of nitrogens with one attached hydrogen (secondary N) is 1. The molecule has 0 bridgehead atoms. The summed E-state index contributed by atoms with van der Waals surface area (Å²) in [6.45, 7) is 1.97. The molecule has 1 aromatic carbocycles. The molecule has 2 aromatic heterocycles. The van der Waals surface area contributed by atoms with Crippen molar-refractivity contribution in [3.63, 3.8) is 0 Å². The highest BCUT2D eigenvalue weighted by molar-refractivity contribution is 7.15. The van der Waals surface area contributed by atoms with Crippen LogP contribution in [0, 0.1) is 5.82 Å². The first-order chi connectivity index (χ1) is 10.3. The van der Waals surface area contributed by atoms with Crippen molar-refractivity contribution in [3.8, 4) is 16.3 Å². The molecule has 0 radical (unpaired) electrons. The molecule has 0 fully saturated rings. The molecule has 0 aliphatic carbocycles. The smallest absolute Gasteiger partial charge is 0.123 e. The molecular formula is C15H13FN4S. The van der Waals surface area contributed by atoms with E-state index in [9.17, 15) is 4.39 Å². The van der Waals surface area contributed by atoms with Crippen LogP contribution in [0.5, 0.6) is 0 Å². The highest BCUT2D eigenvalue weighted by Crippen LogP contribution is 2.32. The lowest BCUT2D eigenvalue weighted by atomic mass is 10.1. The number of benzene rings is 1. The van der Waals surface area contributed by atoms with Crippen molar-refractivity contribution in [1.82, 2.24) is 20.3 Å². The van der Waals surface area contributed by atoms with E-state index in [1.165, 1.54) is 22.6 Å². The third-order valence-corrected chi connectivity index (χ3v) is 4.84. The van der Waals surface area contributed by atoms with Crippen LogP contribution < -0.4 is 5.32 Å². The van der Waals surface area contributed by atoms with Crippen LogP contribution in [0.4, 0.5) is 4.39 Å². The number of hydrogen-bond donors (Lipinski definition) is 1. The summed E-state index contributed by atoms with van der Waals surface area (Å²) in [6, 6.07) is 8.41. The molecule has 0 spiro atoms. The molecule has 4 rings (SSSR count). The Balaban J connectivity index is 1.67. The van der Waals surface area contributed by atoms with E-state index in [2.05, 4.69) is 21.7 Å². The van der Waals surface area contributed by atoms with Gasteiger partial charge in [0.2, 0.25) is 0 Å². The van der Waals surface area contributed by atoms with Crippen LogP contribution in [0.2, 0.25) is 0 Å². The van der Waals surface area contributed by atoms with Crippen LogP contribution >= 0.6 is 11.3 Å². The lowest BCUT2D eigenvalue weighted by Gasteiger charge is -2.10. The fraction of sp³-hybridized carbons (Fsp3) is 0.200. The molecule has 1 aliphatic heterocycles. The molecule has 0 atom stereocenters. The van der Waals surface area contributed by atoms with Gasteiger partial charge in [-0.05, 0) is 42.3 Å². The number of hydrogen-bond acceptors (Lipinski definition) is 4. The predicted octanol–water partition coefficient (Wildman–Crippen LogP) is 2.78. The van der Waals surface area contributed by atoms with Gasteiger partial charge in [-0.2, -0.15) is 0 Å². The van der Waals surface area contributed by atoms with Crippen LogP contribution in [-0.4, -0.2) is 21.5 Å². The largest absolute Gasteiger partial charge is 0.312 e. The standard InChI is InChI=1S/C15H13FN4S/c16-11-1-3-12(4-2-11)20-9-13(18-19-20)15-7-10-8-17-6-5-14(10)21-15/h1-4,7,9,17H,5-6,8H2. The zero-order chi connectivity index (χ0) is 14.2. The summed E-state index contributed by atoms with van der Waals surface area (Å²) >= 11 is 1.78. The summed E-state index contributed by atoms with van der Waals surface area (Å²) in [7, 11) is 0. The van der Waals surface area contributed by atoms with Gasteiger partial charge < -0.3 is 5.32 Å². The van der Waals surface area contributed by atoms with Crippen LogP contribution in [0.3, 0.4) is 0 Å². The minimum Gasteiger partial charge on any atom is -0.312 e. The first-order valence-corrected chi connectivity index (χ1v) is 7.62. The van der Waals surface area contributed by atoms with E-state index in [4.69, 9.17) is 0 Å². The van der Waals surface area contributed by atoms with Crippen molar-refractivity contribution in [2.75, 3.05) is 6.54 Å². The normalized spacial score (nSPS) is 14.1. The number of fused-ring (bicyclic) bond motifs is 1. The van der Waals surface area contributed by atoms with E-state index in [0.717, 1.165) is 35.8 Å². The maximum absolute atomic E-state index is 13.0. The van der Waals surface area contributed by atoms with Gasteiger partial charge in [-0.1, -0.05) is 5.21 Å². The molecule has 0 saturated carbocycles. The first-order valence-electron chi connectivity index (χ1n) is 6.80. The zero-order valence-electron chi connectivity index (χ0n) is 11.2. The Bertz CT molecular complexity index is 752. The van der Waals surface area contributed by atoms with Crippen LogP contribution in [0.25, 0.3) is 16.3 Å². The van der Waals surface area contributed by atoms with Crippen molar-refractivity contribution in [3.05, 3.63) is 52.8 Å². The Morgan fingerprint density at radius 2 is 2.10 bits per heavy atom. The van der Waals surface area contributed by atoms with Crippen LogP contribution in [0.1, 0.15) is 10.4 Å². The second-order valence-corrected chi connectivity index (χ2v) is 6.15. The third kappa shape index (κ3) is 2.36. The van der Waals surface area contributed by atoms with Gasteiger partial charge in [-0.15, -0.1) is 16.4 Å². The molecule has 0 unspecified atom stereocenters. The minimum atomic E-state index is -0.252. The summed E-state index contributed by atoms with van der Waals surface area (Å²) in [4.78, 5) is 2.57. The van der Waals surface area contributed by atoms with E-state index < -0.39 is 0 Å². The molecule has 0 saturated heterocycles. The fourth-order valence-electron chi connectivity index (χ4n) is 2.48. The van der Waals surface area contributed by atoms with Gasteiger partial charge in [0, 0.05) is 18.0 Å². The van der Waals surface area contributed by atoms with Gasteiger partial charge in [0.25, 0.3) is 0 Å². The maximum Gasteiger partial charge on any atom is 0.123 e. The van der Waals surface area contributed by atoms with E-state index in [1.54, 1.807) is 28.2 Å². The summed E-state index contributed by atoms with van der Waals surface area (Å²) in [5.41, 5.74) is 3.02. The summed E-state index contributed by atoms with van der Waals surface area (Å²) in [5.74, 6) is -0.252. The number of rotatable bonds is 2. The topological polar surface area (TPSA) is 42.7 Å². The van der Waals surface area contributed by atoms with Gasteiger partial charge in [0.1, 0.15) is 11.5 Å². The molecule has 3 heterocycles. The van der Waals surface area contributed by atoms with Crippen molar-refractivity contribution in [2.24, 2.45) is 0 Å². The lowest BCUT2D eigenvalue weighted by Crippen LogP contribution is -2.21. The number of nitrogens with zero attached hydrogens (tertiary/aromatic N) is 3. The molecule has 21 heavy (non-hydrogen) atoms. The Morgan fingerprint density at radius 1 is 1.24 bits per heavy atom. The van der Waals surface area contributed by atoms with E-state index >= 15 is 0 Å². The van der Waals surface area contributed by atoms with Crippen molar-refractivity contribution >= 4 is 11.3 Å². The fourth-order valence-corrected chi connectivity index (χ4v) is 3.61. The third-order valence-electron chi connectivity index (χ3n) is 3.58. The molecule has 1 N–H and O–H groups in total. The van der Waals surface area contributed by atoms with Crippen molar-refractivity contribution < 1.29 is 4.39 Å². The van der Waals surface area contributed by atoms with Crippen LogP contribution in [0.15, 0.2) is 36.5 Å². The highest BCUT2D eigenvalue weighted by atomic mass is 32.1. The molecule has 4 nitrogen and oxygen atoms in total. The number of aromatic nitrogens is 3. The van der Waals surface area contributed by atoms with Crippen LogP contribution in [-0.2, 0) is 13.0 Å². The van der Waals surface area contributed by atoms with Gasteiger partial charge in [-0.25, -0.2) is 9.07 Å². The monoisotopic (exact) mass is 300 g/mol. The summed E-state index contributed by atoms with van der Waals surface area (Å²) < 4.78 is 14.6. The Labute approximate surface area is 125 Å². The quantitative estimate of drug-likeness (QED) is 0.791. The van der Waals surface area contributed by atoms with Crippen molar-refractivity contribution in [1.29, 1.82) is 0 Å². The maximum atomic E-state index is 13.0. The molecule has 6 heteroatoms. The summed E-state index contributed by atoms with van der Waals surface area (Å²) in [6.07, 6.45) is 2.96. The van der Waals surface area contributed by atoms with Crippen molar-refractivity contribution in [2.45, 2.75) is 13.0 Å². The minimum absolute atomic E-state index is 0.252. The molecule has 3 aromatic rings. The zero-order valence-corrected chi connectivity index (χ0v) is 12.0. The van der Waals surface area contributed by atoms with Gasteiger partial charge >= 0.3 is 0 Å². The SMILES string of the molecule is Fc1ccc(-n2cc(-c3cc4c(s3)CCNC4)nn2)cc1. The Hall–Kier alpha value is -2.05. The number of halogens is 1. The molecular weight excluding hydrogens is 287 g/mol. The number of thiophene rings is 1. The molecule has 0 amide bonds.